The molecule has 1 aliphatic rings. The second kappa shape index (κ2) is 8.11. The van der Waals surface area contributed by atoms with Gasteiger partial charge in [-0.2, -0.15) is 5.26 Å². The summed E-state index contributed by atoms with van der Waals surface area (Å²) in [6.45, 7) is 1.73. The van der Waals surface area contributed by atoms with Crippen LogP contribution in [0.2, 0.25) is 0 Å². The highest BCUT2D eigenvalue weighted by Crippen LogP contribution is 2.26. The van der Waals surface area contributed by atoms with Gasteiger partial charge in [-0.15, -0.1) is 11.3 Å². The van der Waals surface area contributed by atoms with Crippen LogP contribution in [0.4, 0.5) is 11.8 Å². The van der Waals surface area contributed by atoms with Gasteiger partial charge in [0.2, 0.25) is 5.95 Å². The normalized spacial score (nSPS) is 18.9. The van der Waals surface area contributed by atoms with Gasteiger partial charge in [-0.1, -0.05) is 12.8 Å². The van der Waals surface area contributed by atoms with Crippen molar-refractivity contribution in [2.75, 3.05) is 10.6 Å². The molecule has 4 N–H and O–H groups in total. The van der Waals surface area contributed by atoms with E-state index in [9.17, 15) is 4.79 Å². The van der Waals surface area contributed by atoms with Crippen LogP contribution in [0.25, 0.3) is 10.2 Å². The van der Waals surface area contributed by atoms with E-state index in [1.165, 1.54) is 11.3 Å². The van der Waals surface area contributed by atoms with Gasteiger partial charge in [0.1, 0.15) is 11.9 Å². The van der Waals surface area contributed by atoms with Crippen molar-refractivity contribution >= 4 is 39.2 Å². The summed E-state index contributed by atoms with van der Waals surface area (Å²) >= 11 is 1.42. The fraction of sp³-hybridized carbons (Fsp3) is 0.350. The third kappa shape index (κ3) is 4.04. The third-order valence-corrected chi connectivity index (χ3v) is 6.05. The summed E-state index contributed by atoms with van der Waals surface area (Å²) in [5.74, 6) is 0.581. The smallest absolute Gasteiger partial charge is 0.259 e. The molecule has 29 heavy (non-hydrogen) atoms. The summed E-state index contributed by atoms with van der Waals surface area (Å²) in [6.07, 6.45) is 5.99. The number of hydrogen-bond acceptors (Lipinski definition) is 8. The fourth-order valence-corrected chi connectivity index (χ4v) is 4.34. The molecule has 0 saturated heterocycles. The standard InChI is InChI=1S/C20H21N7OS/c1-11-12(8-21)6-7-17(24-11)26-19(28)13-10-29-16-9-23-20(27-18(13)16)25-15-5-3-2-4-14(15)22/h6-7,9-10,14-15H,2-5,22H2,1H3,(H,23,25,27)(H,24,26,28)/t14-,15+/m0/s1. The van der Waals surface area contributed by atoms with Crippen molar-refractivity contribution in [2.45, 2.75) is 44.7 Å². The second-order valence-corrected chi connectivity index (χ2v) is 8.06. The predicted octanol–water partition coefficient (Wildman–Crippen LogP) is 3.20. The zero-order valence-electron chi connectivity index (χ0n) is 16.0. The number of amides is 1. The molecule has 3 heterocycles. The molecule has 3 aromatic heterocycles. The van der Waals surface area contributed by atoms with Crippen molar-refractivity contribution in [1.82, 2.24) is 15.0 Å². The number of nitriles is 1. The first-order valence-electron chi connectivity index (χ1n) is 9.50. The predicted molar refractivity (Wildman–Crippen MR) is 113 cm³/mol. The molecular formula is C20H21N7OS. The Bertz CT molecular complexity index is 1100. The quantitative estimate of drug-likeness (QED) is 0.605. The molecule has 1 fully saturated rings. The number of hydrogen-bond donors (Lipinski definition) is 3. The molecule has 0 unspecified atom stereocenters. The summed E-state index contributed by atoms with van der Waals surface area (Å²) in [6, 6.07) is 5.54. The number of carbonyl (C=O) groups is 1. The molecule has 1 saturated carbocycles. The average molecular weight is 408 g/mol. The van der Waals surface area contributed by atoms with Crippen molar-refractivity contribution in [3.05, 3.63) is 40.5 Å². The molecule has 9 heteroatoms. The SMILES string of the molecule is Cc1nc(NC(=O)c2csc3cnc(N[C@@H]4CCCC[C@@H]4N)nc23)ccc1C#N. The highest BCUT2D eigenvalue weighted by Gasteiger charge is 2.23. The van der Waals surface area contributed by atoms with Crippen molar-refractivity contribution in [1.29, 1.82) is 5.26 Å². The van der Waals surface area contributed by atoms with E-state index in [1.807, 2.05) is 0 Å². The van der Waals surface area contributed by atoms with Crippen molar-refractivity contribution in [3.8, 4) is 6.07 Å². The Kier molecular flexibility index (Phi) is 5.38. The lowest BCUT2D eigenvalue weighted by molar-refractivity contribution is 0.102. The minimum absolute atomic E-state index is 0.0824. The van der Waals surface area contributed by atoms with Gasteiger partial charge in [0.25, 0.3) is 5.91 Å². The largest absolute Gasteiger partial charge is 0.350 e. The van der Waals surface area contributed by atoms with Gasteiger partial charge >= 0.3 is 0 Å². The Hall–Kier alpha value is -3.09. The Morgan fingerprint density at radius 3 is 2.90 bits per heavy atom. The van der Waals surface area contributed by atoms with Gasteiger partial charge in [0.15, 0.2) is 0 Å². The molecule has 0 spiro atoms. The van der Waals surface area contributed by atoms with E-state index in [4.69, 9.17) is 11.0 Å². The molecule has 4 rings (SSSR count). The van der Waals surface area contributed by atoms with Gasteiger partial charge in [-0.25, -0.2) is 15.0 Å². The molecule has 0 aromatic carbocycles. The van der Waals surface area contributed by atoms with E-state index in [0.717, 1.165) is 30.4 Å². The summed E-state index contributed by atoms with van der Waals surface area (Å²) in [5, 5.41) is 16.9. The number of nitrogens with two attached hydrogens (primary N) is 1. The van der Waals surface area contributed by atoms with Gasteiger partial charge in [0, 0.05) is 17.5 Å². The highest BCUT2D eigenvalue weighted by atomic mass is 32.1. The number of thiophene rings is 1. The molecule has 0 bridgehead atoms. The molecule has 2 atom stereocenters. The third-order valence-electron chi connectivity index (χ3n) is 5.14. The Balaban J connectivity index is 1.56. The summed E-state index contributed by atoms with van der Waals surface area (Å²) in [7, 11) is 0. The Labute approximate surface area is 172 Å². The first-order chi connectivity index (χ1) is 14.0. The lowest BCUT2D eigenvalue weighted by Crippen LogP contribution is -2.42. The highest BCUT2D eigenvalue weighted by molar-refractivity contribution is 7.17. The van der Waals surface area contributed by atoms with Crippen LogP contribution in [0.15, 0.2) is 23.7 Å². The number of anilines is 2. The van der Waals surface area contributed by atoms with E-state index in [1.54, 1.807) is 30.6 Å². The molecule has 1 aliphatic carbocycles. The number of nitrogens with zero attached hydrogens (tertiary/aromatic N) is 4. The lowest BCUT2D eigenvalue weighted by Gasteiger charge is -2.29. The van der Waals surface area contributed by atoms with E-state index in [0.29, 0.717) is 34.1 Å². The van der Waals surface area contributed by atoms with Crippen LogP contribution >= 0.6 is 11.3 Å². The van der Waals surface area contributed by atoms with Crippen molar-refractivity contribution in [2.24, 2.45) is 5.73 Å². The molecule has 148 valence electrons. The number of pyridine rings is 1. The number of aryl methyl sites for hydroxylation is 1. The van der Waals surface area contributed by atoms with Crippen LogP contribution in [0.3, 0.4) is 0 Å². The number of nitrogens with one attached hydrogen (secondary N) is 2. The first kappa shape index (κ1) is 19.2. The van der Waals surface area contributed by atoms with Crippen LogP contribution in [-0.2, 0) is 0 Å². The van der Waals surface area contributed by atoms with Crippen LogP contribution in [0.1, 0.15) is 47.3 Å². The van der Waals surface area contributed by atoms with Gasteiger partial charge in [-0.05, 0) is 31.9 Å². The minimum atomic E-state index is -0.299. The Morgan fingerprint density at radius 2 is 2.14 bits per heavy atom. The van der Waals surface area contributed by atoms with E-state index in [2.05, 4.69) is 31.7 Å². The number of carbonyl (C=O) groups excluding carboxylic acids is 1. The summed E-state index contributed by atoms with van der Waals surface area (Å²) in [4.78, 5) is 26.0. The lowest BCUT2D eigenvalue weighted by atomic mass is 9.91. The molecule has 0 radical (unpaired) electrons. The second-order valence-electron chi connectivity index (χ2n) is 7.15. The maximum absolute atomic E-state index is 12.8. The maximum atomic E-state index is 12.8. The summed E-state index contributed by atoms with van der Waals surface area (Å²) in [5.41, 5.74) is 8.32. The number of fused-ring (bicyclic) bond motifs is 1. The molecule has 8 nitrogen and oxygen atoms in total. The van der Waals surface area contributed by atoms with Crippen molar-refractivity contribution in [3.63, 3.8) is 0 Å². The van der Waals surface area contributed by atoms with Crippen LogP contribution in [0.5, 0.6) is 0 Å². The number of aromatic nitrogens is 3. The van der Waals surface area contributed by atoms with Crippen LogP contribution in [0, 0.1) is 18.3 Å². The van der Waals surface area contributed by atoms with Crippen LogP contribution < -0.4 is 16.4 Å². The van der Waals surface area contributed by atoms with E-state index >= 15 is 0 Å². The first-order valence-corrected chi connectivity index (χ1v) is 10.4. The van der Waals surface area contributed by atoms with Gasteiger partial charge < -0.3 is 16.4 Å². The van der Waals surface area contributed by atoms with Gasteiger partial charge in [-0.3, -0.25) is 4.79 Å². The van der Waals surface area contributed by atoms with Crippen molar-refractivity contribution < 1.29 is 4.79 Å². The average Bonchev–Trinajstić information content (AvgIpc) is 3.13. The molecule has 1 amide bonds. The van der Waals surface area contributed by atoms with Crippen LogP contribution in [-0.4, -0.2) is 32.9 Å². The van der Waals surface area contributed by atoms with E-state index in [-0.39, 0.29) is 18.0 Å². The zero-order chi connectivity index (χ0) is 20.4. The molecule has 3 aromatic rings. The molecule has 0 aliphatic heterocycles. The fourth-order valence-electron chi connectivity index (χ4n) is 3.50. The summed E-state index contributed by atoms with van der Waals surface area (Å²) < 4.78 is 0.831. The number of rotatable bonds is 4. The maximum Gasteiger partial charge on any atom is 0.259 e. The topological polar surface area (TPSA) is 130 Å². The zero-order valence-corrected chi connectivity index (χ0v) is 16.8. The molecular weight excluding hydrogens is 386 g/mol. The van der Waals surface area contributed by atoms with Gasteiger partial charge in [0.05, 0.1) is 33.2 Å². The monoisotopic (exact) mass is 407 g/mol. The van der Waals surface area contributed by atoms with E-state index < -0.39 is 0 Å². The minimum Gasteiger partial charge on any atom is -0.350 e. The Morgan fingerprint density at radius 1 is 1.31 bits per heavy atom.